The number of rotatable bonds is 4. The Balaban J connectivity index is 1.75. The fraction of sp³-hybridized carbons (Fsp3) is 0.100. The average Bonchev–Trinajstić information content (AvgIpc) is 3.19. The largest absolute Gasteiger partial charge is 0.493 e. The van der Waals surface area contributed by atoms with Crippen LogP contribution in [-0.4, -0.2) is 41.9 Å². The summed E-state index contributed by atoms with van der Waals surface area (Å²) >= 11 is 5.14. The Bertz CT molecular complexity index is 1140. The lowest BCUT2D eigenvalue weighted by Crippen LogP contribution is -2.54. The van der Waals surface area contributed by atoms with Crippen LogP contribution in [0.5, 0.6) is 17.2 Å². The number of thiocarbonyl (C=S) groups is 1. The van der Waals surface area contributed by atoms with Crippen molar-refractivity contribution in [2.75, 3.05) is 18.8 Å². The first-order chi connectivity index (χ1) is 14.4. The molecule has 1 fully saturated rings. The molecule has 30 heavy (non-hydrogen) atoms. The van der Waals surface area contributed by atoms with E-state index < -0.39 is 17.8 Å². The van der Waals surface area contributed by atoms with E-state index in [0.29, 0.717) is 22.8 Å². The number of nitrogens with zero attached hydrogens (tertiary/aromatic N) is 1. The molecule has 0 radical (unpaired) electrons. The van der Waals surface area contributed by atoms with Crippen LogP contribution in [0, 0.1) is 0 Å². The van der Waals surface area contributed by atoms with E-state index in [-0.39, 0.29) is 28.7 Å². The van der Waals surface area contributed by atoms with Crippen LogP contribution in [0.1, 0.15) is 15.9 Å². The van der Waals surface area contributed by atoms with Crippen molar-refractivity contribution in [3.8, 4) is 17.2 Å². The minimum Gasteiger partial charge on any atom is -0.493 e. The number of carbonyl (C=O) groups is 3. The van der Waals surface area contributed by atoms with Gasteiger partial charge >= 0.3 is 5.97 Å². The van der Waals surface area contributed by atoms with Crippen molar-refractivity contribution in [2.24, 2.45) is 0 Å². The number of carboxylic acids is 1. The molecule has 1 saturated heterocycles. The summed E-state index contributed by atoms with van der Waals surface area (Å²) in [7, 11) is 1.46. The highest BCUT2D eigenvalue weighted by molar-refractivity contribution is 7.80. The molecule has 10 heteroatoms. The first-order valence-electron chi connectivity index (χ1n) is 8.61. The average molecular weight is 426 g/mol. The molecule has 2 amide bonds. The molecule has 0 bridgehead atoms. The molecular formula is C20H14N2O7S. The third-order valence-electron chi connectivity index (χ3n) is 4.44. The molecule has 152 valence electrons. The zero-order valence-corrected chi connectivity index (χ0v) is 16.3. The molecule has 2 aromatic rings. The molecule has 0 saturated carbocycles. The molecule has 2 aliphatic rings. The minimum absolute atomic E-state index is 0.0222. The number of hydrogen-bond acceptors (Lipinski definition) is 7. The molecule has 2 aromatic carbocycles. The van der Waals surface area contributed by atoms with Gasteiger partial charge in [-0.15, -0.1) is 0 Å². The van der Waals surface area contributed by atoms with Gasteiger partial charge in [-0.2, -0.15) is 0 Å². The normalized spacial score (nSPS) is 16.6. The topological polar surface area (TPSA) is 114 Å². The molecule has 0 atom stereocenters. The molecule has 0 spiro atoms. The van der Waals surface area contributed by atoms with Crippen molar-refractivity contribution in [2.45, 2.75) is 0 Å². The molecule has 4 rings (SSSR count). The number of nitrogens with one attached hydrogen (secondary N) is 1. The predicted molar refractivity (Wildman–Crippen MR) is 109 cm³/mol. The van der Waals surface area contributed by atoms with Crippen molar-refractivity contribution < 1.29 is 33.7 Å². The summed E-state index contributed by atoms with van der Waals surface area (Å²) in [5.41, 5.74) is 0.483. The van der Waals surface area contributed by atoms with Gasteiger partial charge in [0.1, 0.15) is 5.57 Å². The Labute approximate surface area is 175 Å². The summed E-state index contributed by atoms with van der Waals surface area (Å²) in [6, 6.07) is 8.90. The third-order valence-corrected chi connectivity index (χ3v) is 4.73. The highest BCUT2D eigenvalue weighted by atomic mass is 32.1. The van der Waals surface area contributed by atoms with Crippen LogP contribution in [0.4, 0.5) is 5.69 Å². The van der Waals surface area contributed by atoms with Crippen molar-refractivity contribution in [1.82, 2.24) is 5.32 Å². The van der Waals surface area contributed by atoms with Gasteiger partial charge in [0.2, 0.25) is 12.5 Å². The first-order valence-corrected chi connectivity index (χ1v) is 9.02. The third kappa shape index (κ3) is 3.33. The summed E-state index contributed by atoms with van der Waals surface area (Å²) < 4.78 is 16.0. The van der Waals surface area contributed by atoms with Crippen LogP contribution in [0.3, 0.4) is 0 Å². The fourth-order valence-electron chi connectivity index (χ4n) is 3.07. The molecule has 0 unspecified atom stereocenters. The maximum atomic E-state index is 13.1. The summed E-state index contributed by atoms with van der Waals surface area (Å²) in [5.74, 6) is -1.27. The summed E-state index contributed by atoms with van der Waals surface area (Å²) in [4.78, 5) is 37.9. The maximum absolute atomic E-state index is 13.1. The lowest BCUT2D eigenvalue weighted by molar-refractivity contribution is -0.122. The number of carbonyl (C=O) groups excluding carboxylic acids is 2. The van der Waals surface area contributed by atoms with E-state index in [2.05, 4.69) is 5.32 Å². The number of hydrogen-bond donors (Lipinski definition) is 2. The minimum atomic E-state index is -1.15. The Morgan fingerprint density at radius 2 is 2.07 bits per heavy atom. The smallest absolute Gasteiger partial charge is 0.335 e. The van der Waals surface area contributed by atoms with Gasteiger partial charge in [-0.25, -0.2) is 4.79 Å². The molecule has 2 heterocycles. The summed E-state index contributed by atoms with van der Waals surface area (Å²) in [6.45, 7) is 0.0348. The Hall–Kier alpha value is -3.92. The van der Waals surface area contributed by atoms with E-state index in [4.69, 9.17) is 26.4 Å². The van der Waals surface area contributed by atoms with Crippen LogP contribution in [0.2, 0.25) is 0 Å². The molecule has 2 N–H and O–H groups in total. The van der Waals surface area contributed by atoms with E-state index in [1.165, 1.54) is 37.5 Å². The van der Waals surface area contributed by atoms with Gasteiger partial charge in [-0.05, 0) is 54.2 Å². The predicted octanol–water partition coefficient (Wildman–Crippen LogP) is 1.95. The lowest BCUT2D eigenvalue weighted by atomic mass is 10.1. The quantitative estimate of drug-likeness (QED) is 0.433. The van der Waals surface area contributed by atoms with E-state index in [0.717, 1.165) is 4.90 Å². The standard InChI is InChI=1S/C20H14N2O7S/c1-27-14-6-10(7-15-16(14)29-9-28-15)5-13-17(23)21-20(30)22(18(13)24)12-4-2-3-11(8-12)19(25)26/h2-8H,9H2,1H3,(H,25,26)(H,21,23,30). The second kappa shape index (κ2) is 7.48. The number of amides is 2. The molecular weight excluding hydrogens is 412 g/mol. The number of ether oxygens (including phenoxy) is 3. The SMILES string of the molecule is COc1cc(C=C2C(=O)NC(=S)N(c3cccc(C(=O)O)c3)C2=O)cc2c1OCO2. The van der Waals surface area contributed by atoms with Gasteiger partial charge < -0.3 is 19.3 Å². The first kappa shape index (κ1) is 19.4. The van der Waals surface area contributed by atoms with Crippen molar-refractivity contribution in [3.63, 3.8) is 0 Å². The number of aromatic carboxylic acids is 1. The number of fused-ring (bicyclic) bond motifs is 1. The van der Waals surface area contributed by atoms with Gasteiger partial charge in [0.25, 0.3) is 11.8 Å². The zero-order valence-electron chi connectivity index (χ0n) is 15.5. The van der Waals surface area contributed by atoms with Crippen molar-refractivity contribution >= 4 is 46.9 Å². The van der Waals surface area contributed by atoms with E-state index in [1.54, 1.807) is 12.1 Å². The maximum Gasteiger partial charge on any atom is 0.335 e. The van der Waals surface area contributed by atoms with Crippen LogP contribution in [-0.2, 0) is 9.59 Å². The van der Waals surface area contributed by atoms with Crippen molar-refractivity contribution in [3.05, 3.63) is 53.1 Å². The fourth-order valence-corrected chi connectivity index (χ4v) is 3.35. The molecule has 9 nitrogen and oxygen atoms in total. The Morgan fingerprint density at radius 1 is 1.27 bits per heavy atom. The Morgan fingerprint density at radius 3 is 2.80 bits per heavy atom. The number of anilines is 1. The number of carboxylic acid groups (broad SMARTS) is 1. The highest BCUT2D eigenvalue weighted by Gasteiger charge is 2.35. The summed E-state index contributed by atoms with van der Waals surface area (Å²) in [5, 5.41) is 11.5. The summed E-state index contributed by atoms with van der Waals surface area (Å²) in [6.07, 6.45) is 1.37. The molecule has 0 aliphatic carbocycles. The zero-order chi connectivity index (χ0) is 21.4. The van der Waals surface area contributed by atoms with Gasteiger partial charge in [0.05, 0.1) is 18.4 Å². The number of benzene rings is 2. The number of methoxy groups -OCH3 is 1. The lowest BCUT2D eigenvalue weighted by Gasteiger charge is -2.29. The second-order valence-electron chi connectivity index (χ2n) is 6.27. The Kier molecular flexibility index (Phi) is 4.84. The van der Waals surface area contributed by atoms with Crippen LogP contribution in [0.15, 0.2) is 42.0 Å². The second-order valence-corrected chi connectivity index (χ2v) is 6.66. The molecule has 0 aromatic heterocycles. The van der Waals surface area contributed by atoms with E-state index >= 15 is 0 Å². The van der Waals surface area contributed by atoms with Crippen LogP contribution >= 0.6 is 12.2 Å². The van der Waals surface area contributed by atoms with Gasteiger partial charge in [-0.1, -0.05) is 6.07 Å². The van der Waals surface area contributed by atoms with E-state index in [9.17, 15) is 19.5 Å². The monoisotopic (exact) mass is 426 g/mol. The van der Waals surface area contributed by atoms with Crippen LogP contribution in [0.25, 0.3) is 6.08 Å². The van der Waals surface area contributed by atoms with Gasteiger partial charge in [0, 0.05) is 0 Å². The van der Waals surface area contributed by atoms with Crippen LogP contribution < -0.4 is 24.4 Å². The molecule has 2 aliphatic heterocycles. The van der Waals surface area contributed by atoms with E-state index in [1.807, 2.05) is 0 Å². The van der Waals surface area contributed by atoms with Gasteiger partial charge in [-0.3, -0.25) is 19.8 Å². The van der Waals surface area contributed by atoms with Crippen molar-refractivity contribution in [1.29, 1.82) is 0 Å². The van der Waals surface area contributed by atoms with Gasteiger partial charge in [0.15, 0.2) is 16.6 Å². The highest BCUT2D eigenvalue weighted by Crippen LogP contribution is 2.42.